The van der Waals surface area contributed by atoms with Gasteiger partial charge in [-0.3, -0.25) is 19.2 Å². The Hall–Kier alpha value is -2.64. The van der Waals surface area contributed by atoms with Gasteiger partial charge in [-0.25, -0.2) is 0 Å². The van der Waals surface area contributed by atoms with Crippen LogP contribution >= 0.6 is 0 Å². The monoisotopic (exact) mass is 312 g/mol. The molecule has 0 radical (unpaired) electrons. The van der Waals surface area contributed by atoms with Gasteiger partial charge in [0.05, 0.1) is 0 Å². The highest BCUT2D eigenvalue weighted by atomic mass is 16.6. The van der Waals surface area contributed by atoms with E-state index in [1.807, 2.05) is 0 Å². The van der Waals surface area contributed by atoms with Crippen LogP contribution in [0.4, 0.5) is 0 Å². The summed E-state index contributed by atoms with van der Waals surface area (Å²) in [6.07, 6.45) is 0.773. The highest BCUT2D eigenvalue weighted by Gasteiger charge is 2.39. The number of hydrogen-bond acceptors (Lipinski definition) is 8. The maximum atomic E-state index is 11.8. The van der Waals surface area contributed by atoms with Crippen LogP contribution < -0.4 is 0 Å². The lowest BCUT2D eigenvalue weighted by molar-refractivity contribution is -0.146. The second-order valence-corrected chi connectivity index (χ2v) is 4.46. The Kier molecular flexibility index (Phi) is 5.85. The van der Waals surface area contributed by atoms with Crippen LogP contribution in [-0.2, 0) is 28.7 Å². The predicted octanol–water partition coefficient (Wildman–Crippen LogP) is 1.36. The number of aliphatic hydroxyl groups is 2. The second kappa shape index (κ2) is 7.39. The van der Waals surface area contributed by atoms with Crippen LogP contribution in [0.3, 0.4) is 0 Å². The van der Waals surface area contributed by atoms with Crippen LogP contribution in [0.15, 0.2) is 23.0 Å². The molecule has 1 rings (SSSR count). The topological polar surface area (TPSA) is 127 Å². The molecule has 0 aliphatic heterocycles. The number of rotatable bonds is 6. The molecule has 0 saturated heterocycles. The third-order valence-electron chi connectivity index (χ3n) is 2.61. The van der Waals surface area contributed by atoms with Crippen molar-refractivity contribution in [1.82, 2.24) is 0 Å². The molecule has 0 amide bonds. The minimum Gasteiger partial charge on any atom is -0.501 e. The van der Waals surface area contributed by atoms with Gasteiger partial charge in [-0.1, -0.05) is 13.8 Å². The first kappa shape index (κ1) is 17.4. The zero-order chi connectivity index (χ0) is 16.9. The molecular formula is C14H16O8. The molecule has 120 valence electrons. The first-order chi connectivity index (χ1) is 10.3. The average molecular weight is 312 g/mol. The van der Waals surface area contributed by atoms with Gasteiger partial charge in [0.15, 0.2) is 0 Å². The van der Waals surface area contributed by atoms with Crippen LogP contribution in [0.2, 0.25) is 0 Å². The molecular weight excluding hydrogens is 296 g/mol. The molecule has 0 atom stereocenters. The van der Waals surface area contributed by atoms with Crippen LogP contribution in [0.25, 0.3) is 0 Å². The number of aliphatic hydroxyl groups excluding tert-OH is 2. The Bertz CT molecular complexity index is 530. The second-order valence-electron chi connectivity index (χ2n) is 4.46. The van der Waals surface area contributed by atoms with Crippen LogP contribution in [0.1, 0.15) is 39.5 Å². The first-order valence-corrected chi connectivity index (χ1v) is 6.70. The first-order valence-electron chi connectivity index (χ1n) is 6.70. The summed E-state index contributed by atoms with van der Waals surface area (Å²) < 4.78 is 9.17. The number of Topliss-reactive ketones (excluding diaryl/α,β-unsaturated/α-hetero) is 2. The molecule has 0 heterocycles. The Balaban J connectivity index is 3.03. The Morgan fingerprint density at radius 3 is 1.41 bits per heavy atom. The zero-order valence-electron chi connectivity index (χ0n) is 12.2. The number of ether oxygens (including phenoxy) is 2. The molecule has 1 aliphatic carbocycles. The van der Waals surface area contributed by atoms with Crippen molar-refractivity contribution in [2.24, 2.45) is 0 Å². The van der Waals surface area contributed by atoms with E-state index in [-0.39, 0.29) is 12.8 Å². The average Bonchev–Trinajstić information content (AvgIpc) is 2.47. The molecule has 0 fully saturated rings. The van der Waals surface area contributed by atoms with E-state index in [0.29, 0.717) is 12.8 Å². The quantitative estimate of drug-likeness (QED) is 0.556. The molecule has 0 aromatic rings. The summed E-state index contributed by atoms with van der Waals surface area (Å²) in [5.41, 5.74) is 0. The molecule has 0 saturated carbocycles. The highest BCUT2D eigenvalue weighted by molar-refractivity contribution is 6.22. The smallest absolute Gasteiger partial charge is 0.311 e. The van der Waals surface area contributed by atoms with Crippen molar-refractivity contribution in [2.45, 2.75) is 39.5 Å². The summed E-state index contributed by atoms with van der Waals surface area (Å²) >= 11 is 0. The normalized spacial score (nSPS) is 15.2. The molecule has 8 nitrogen and oxygen atoms in total. The number of esters is 2. The van der Waals surface area contributed by atoms with Gasteiger partial charge in [-0.2, -0.15) is 0 Å². The summed E-state index contributed by atoms with van der Waals surface area (Å²) in [6.45, 7) is 3.37. The maximum absolute atomic E-state index is 11.8. The van der Waals surface area contributed by atoms with Gasteiger partial charge < -0.3 is 19.7 Å². The lowest BCUT2D eigenvalue weighted by Gasteiger charge is -2.16. The van der Waals surface area contributed by atoms with E-state index in [9.17, 15) is 29.4 Å². The zero-order valence-corrected chi connectivity index (χ0v) is 12.2. The molecule has 0 bridgehead atoms. The van der Waals surface area contributed by atoms with Gasteiger partial charge in [-0.05, 0) is 12.8 Å². The van der Waals surface area contributed by atoms with E-state index in [1.54, 1.807) is 13.8 Å². The van der Waals surface area contributed by atoms with Crippen molar-refractivity contribution >= 4 is 23.5 Å². The fraction of sp³-hybridized carbons (Fsp3) is 0.429. The van der Waals surface area contributed by atoms with Gasteiger partial charge in [0.2, 0.25) is 23.0 Å². The van der Waals surface area contributed by atoms with E-state index in [0.717, 1.165) is 0 Å². The summed E-state index contributed by atoms with van der Waals surface area (Å²) in [6, 6.07) is 0. The van der Waals surface area contributed by atoms with Crippen molar-refractivity contribution in [3.8, 4) is 0 Å². The third kappa shape index (κ3) is 3.72. The number of carbonyl (C=O) groups is 4. The van der Waals surface area contributed by atoms with E-state index < -0.39 is 46.5 Å². The Morgan fingerprint density at radius 1 is 0.818 bits per heavy atom. The molecule has 0 spiro atoms. The number of hydrogen-bond donors (Lipinski definition) is 2. The highest BCUT2D eigenvalue weighted by Crippen LogP contribution is 2.24. The molecule has 1 aliphatic rings. The molecule has 8 heteroatoms. The third-order valence-corrected chi connectivity index (χ3v) is 2.61. The minimum absolute atomic E-state index is 0.0406. The number of ketones is 2. The van der Waals surface area contributed by atoms with Gasteiger partial charge >= 0.3 is 11.9 Å². The van der Waals surface area contributed by atoms with Gasteiger partial charge in [0.1, 0.15) is 0 Å². The van der Waals surface area contributed by atoms with Gasteiger partial charge in [-0.15, -0.1) is 0 Å². The Morgan fingerprint density at radius 2 is 1.14 bits per heavy atom. The largest absolute Gasteiger partial charge is 0.501 e. The summed E-state index contributed by atoms with van der Waals surface area (Å²) in [5, 5.41) is 19.3. The van der Waals surface area contributed by atoms with E-state index in [2.05, 4.69) is 9.47 Å². The lowest BCUT2D eigenvalue weighted by Crippen LogP contribution is -2.28. The van der Waals surface area contributed by atoms with Crippen LogP contribution in [0, 0.1) is 0 Å². The standard InChI is InChI=1S/C14H16O8/c1-3-5-7(15)21-13-9(17)11(19)14(12(20)10(13)18)22-8(16)6-4-2/h17,20H,3-6H2,1-2H3. The van der Waals surface area contributed by atoms with Gasteiger partial charge in [0, 0.05) is 12.8 Å². The van der Waals surface area contributed by atoms with Crippen molar-refractivity contribution in [2.75, 3.05) is 0 Å². The fourth-order valence-electron chi connectivity index (χ4n) is 1.56. The van der Waals surface area contributed by atoms with Crippen molar-refractivity contribution in [1.29, 1.82) is 0 Å². The molecule has 0 aromatic carbocycles. The van der Waals surface area contributed by atoms with Crippen LogP contribution in [-0.4, -0.2) is 33.7 Å². The van der Waals surface area contributed by atoms with Crippen molar-refractivity contribution in [3.63, 3.8) is 0 Å². The molecule has 2 N–H and O–H groups in total. The predicted molar refractivity (Wildman–Crippen MR) is 71.3 cm³/mol. The van der Waals surface area contributed by atoms with E-state index in [1.165, 1.54) is 0 Å². The lowest BCUT2D eigenvalue weighted by atomic mass is 10.1. The summed E-state index contributed by atoms with van der Waals surface area (Å²) in [5.74, 6) is -8.62. The van der Waals surface area contributed by atoms with E-state index >= 15 is 0 Å². The molecule has 0 unspecified atom stereocenters. The SMILES string of the molecule is CCCC(=O)OC1=C(O)C(=O)C(OC(=O)CCC)=C(O)C1=O. The van der Waals surface area contributed by atoms with Crippen molar-refractivity contribution in [3.05, 3.63) is 23.0 Å². The van der Waals surface area contributed by atoms with Gasteiger partial charge in [0.25, 0.3) is 11.6 Å². The minimum atomic E-state index is -1.30. The van der Waals surface area contributed by atoms with Crippen molar-refractivity contribution < 1.29 is 38.9 Å². The summed E-state index contributed by atoms with van der Waals surface area (Å²) in [4.78, 5) is 46.3. The van der Waals surface area contributed by atoms with E-state index in [4.69, 9.17) is 0 Å². The Labute approximate surface area is 126 Å². The number of carbonyl (C=O) groups excluding carboxylic acids is 4. The van der Waals surface area contributed by atoms with Crippen LogP contribution in [0.5, 0.6) is 0 Å². The summed E-state index contributed by atoms with van der Waals surface area (Å²) in [7, 11) is 0. The maximum Gasteiger partial charge on any atom is 0.311 e. The molecule has 0 aromatic heterocycles. The fourth-order valence-corrected chi connectivity index (χ4v) is 1.56. The molecule has 22 heavy (non-hydrogen) atoms.